The van der Waals surface area contributed by atoms with Crippen LogP contribution in [-0.4, -0.2) is 23.9 Å². The highest BCUT2D eigenvalue weighted by atomic mass is 35.5. The van der Waals surface area contributed by atoms with Crippen LogP contribution in [0.5, 0.6) is 5.75 Å². The van der Waals surface area contributed by atoms with Gasteiger partial charge in [0, 0.05) is 5.56 Å². The summed E-state index contributed by atoms with van der Waals surface area (Å²) in [4.78, 5) is 39.5. The maximum Gasteiger partial charge on any atom is 0.336 e. The number of barbiturate groups is 1. The molecule has 4 rings (SSSR count). The second-order valence-electron chi connectivity index (χ2n) is 7.57. The second kappa shape index (κ2) is 9.25. The van der Waals surface area contributed by atoms with Crippen LogP contribution in [-0.2, 0) is 9.59 Å². The number of anilines is 1. The summed E-state index contributed by atoms with van der Waals surface area (Å²) in [6.07, 6.45) is 2.15. The predicted molar refractivity (Wildman–Crippen MR) is 130 cm³/mol. The molecule has 0 spiro atoms. The Labute approximate surface area is 200 Å². The molecule has 1 N–H and O–H groups in total. The van der Waals surface area contributed by atoms with Gasteiger partial charge in [-0.05, 0) is 48.4 Å². The van der Waals surface area contributed by atoms with Crippen molar-refractivity contribution < 1.29 is 19.1 Å². The number of carbonyl (C=O) groups excluding carboxylic acids is 3. The van der Waals surface area contributed by atoms with Crippen molar-refractivity contribution in [3.63, 3.8) is 0 Å². The number of ether oxygens (including phenoxy) is 1. The lowest BCUT2D eigenvalue weighted by Crippen LogP contribution is -2.54. The zero-order valence-corrected chi connectivity index (χ0v) is 19.4. The van der Waals surface area contributed by atoms with E-state index >= 15 is 0 Å². The molecule has 0 bridgehead atoms. The molecule has 0 radical (unpaired) electrons. The van der Waals surface area contributed by atoms with E-state index in [1.165, 1.54) is 18.2 Å². The minimum Gasteiger partial charge on any atom is -0.490 e. The summed E-state index contributed by atoms with van der Waals surface area (Å²) < 4.78 is 6.08. The third-order valence-electron chi connectivity index (χ3n) is 5.40. The first kappa shape index (κ1) is 22.8. The SMILES string of the molecule is CC[C@H](C)Oc1ccc2ccccc2c1/C=C1\C(=O)NC(=O)N(c2cccc(Cl)c2Cl)C1=O. The Morgan fingerprint density at radius 3 is 2.55 bits per heavy atom. The molecule has 1 aliphatic rings. The van der Waals surface area contributed by atoms with Crippen LogP contribution in [0.25, 0.3) is 16.8 Å². The van der Waals surface area contributed by atoms with Gasteiger partial charge in [-0.25, -0.2) is 9.69 Å². The standard InChI is InChI=1S/C25H20Cl2N2O4/c1-3-14(2)33-21-12-11-15-7-4-5-8-16(15)17(21)13-18-23(30)28-25(32)29(24(18)31)20-10-6-9-19(26)22(20)27/h4-14H,3H2,1-2H3,(H,28,30,32)/b18-13+/t14-/m0/s1. The molecule has 0 aromatic heterocycles. The number of carbonyl (C=O) groups is 3. The van der Waals surface area contributed by atoms with Crippen molar-refractivity contribution in [2.75, 3.05) is 4.90 Å². The normalized spacial score (nSPS) is 16.3. The molecule has 0 unspecified atom stereocenters. The van der Waals surface area contributed by atoms with Gasteiger partial charge in [0.05, 0.1) is 21.8 Å². The van der Waals surface area contributed by atoms with Gasteiger partial charge < -0.3 is 4.74 Å². The smallest absolute Gasteiger partial charge is 0.336 e. The molecule has 1 saturated heterocycles. The molecule has 8 heteroatoms. The number of hydrogen-bond acceptors (Lipinski definition) is 4. The quantitative estimate of drug-likeness (QED) is 0.357. The molecule has 1 aliphatic heterocycles. The average molecular weight is 483 g/mol. The minimum atomic E-state index is -0.902. The van der Waals surface area contributed by atoms with Gasteiger partial charge in [-0.3, -0.25) is 14.9 Å². The molecule has 6 nitrogen and oxygen atoms in total. The van der Waals surface area contributed by atoms with Gasteiger partial charge in [-0.1, -0.05) is 66.5 Å². The molecular formula is C25H20Cl2N2O4. The van der Waals surface area contributed by atoms with Gasteiger partial charge in [0.2, 0.25) is 0 Å². The fraction of sp³-hybridized carbons (Fsp3) is 0.160. The van der Waals surface area contributed by atoms with Gasteiger partial charge in [0.25, 0.3) is 11.8 Å². The van der Waals surface area contributed by atoms with Gasteiger partial charge in [0.15, 0.2) is 0 Å². The number of halogens is 2. The van der Waals surface area contributed by atoms with Crippen molar-refractivity contribution >= 4 is 63.6 Å². The molecule has 1 atom stereocenters. The van der Waals surface area contributed by atoms with Crippen LogP contribution in [0.3, 0.4) is 0 Å². The highest BCUT2D eigenvalue weighted by Gasteiger charge is 2.38. The first-order chi connectivity index (χ1) is 15.8. The summed E-state index contributed by atoms with van der Waals surface area (Å²) in [5.41, 5.74) is 0.424. The Balaban J connectivity index is 1.88. The van der Waals surface area contributed by atoms with E-state index < -0.39 is 17.8 Å². The number of hydrogen-bond donors (Lipinski definition) is 1. The van der Waals surface area contributed by atoms with E-state index in [1.54, 1.807) is 6.07 Å². The highest BCUT2D eigenvalue weighted by Crippen LogP contribution is 2.36. The number of fused-ring (bicyclic) bond motifs is 1. The van der Waals surface area contributed by atoms with E-state index in [9.17, 15) is 14.4 Å². The summed E-state index contributed by atoms with van der Waals surface area (Å²) >= 11 is 12.3. The monoisotopic (exact) mass is 482 g/mol. The zero-order chi connectivity index (χ0) is 23.7. The predicted octanol–water partition coefficient (Wildman–Crippen LogP) is 5.99. The first-order valence-electron chi connectivity index (χ1n) is 10.4. The van der Waals surface area contributed by atoms with E-state index in [4.69, 9.17) is 27.9 Å². The van der Waals surface area contributed by atoms with Crippen molar-refractivity contribution in [2.45, 2.75) is 26.4 Å². The summed E-state index contributed by atoms with van der Waals surface area (Å²) in [6.45, 7) is 3.94. The van der Waals surface area contributed by atoms with Crippen LogP contribution < -0.4 is 15.0 Å². The maximum absolute atomic E-state index is 13.4. The molecule has 4 amide bonds. The lowest BCUT2D eigenvalue weighted by molar-refractivity contribution is -0.122. The molecule has 33 heavy (non-hydrogen) atoms. The molecule has 0 saturated carbocycles. The van der Waals surface area contributed by atoms with Gasteiger partial charge >= 0.3 is 6.03 Å². The third-order valence-corrected chi connectivity index (χ3v) is 6.21. The average Bonchev–Trinajstić information content (AvgIpc) is 2.80. The molecule has 3 aromatic carbocycles. The van der Waals surface area contributed by atoms with Crippen LogP contribution in [0.2, 0.25) is 10.0 Å². The summed E-state index contributed by atoms with van der Waals surface area (Å²) in [5, 5.41) is 4.13. The number of urea groups is 1. The Bertz CT molecular complexity index is 1320. The van der Waals surface area contributed by atoms with Crippen LogP contribution >= 0.6 is 23.2 Å². The first-order valence-corrected chi connectivity index (χ1v) is 11.1. The number of imide groups is 2. The maximum atomic E-state index is 13.4. The number of nitrogens with zero attached hydrogens (tertiary/aromatic N) is 1. The largest absolute Gasteiger partial charge is 0.490 e. The fourth-order valence-corrected chi connectivity index (χ4v) is 3.89. The Morgan fingerprint density at radius 2 is 1.79 bits per heavy atom. The molecule has 1 fully saturated rings. The minimum absolute atomic E-state index is 0.0299. The van der Waals surface area contributed by atoms with Crippen LogP contribution in [0.1, 0.15) is 25.8 Å². The molecule has 1 heterocycles. The van der Waals surface area contributed by atoms with Crippen LogP contribution in [0.4, 0.5) is 10.5 Å². The summed E-state index contributed by atoms with van der Waals surface area (Å²) in [7, 11) is 0. The van der Waals surface area contributed by atoms with Crippen molar-refractivity contribution in [3.05, 3.63) is 75.8 Å². The third kappa shape index (κ3) is 4.32. The van der Waals surface area contributed by atoms with E-state index in [2.05, 4.69) is 5.32 Å². The lowest BCUT2D eigenvalue weighted by Gasteiger charge is -2.27. The fourth-order valence-electron chi connectivity index (χ4n) is 3.51. The van der Waals surface area contributed by atoms with Crippen molar-refractivity contribution in [1.82, 2.24) is 5.32 Å². The number of rotatable bonds is 5. The van der Waals surface area contributed by atoms with Gasteiger partial charge in [-0.15, -0.1) is 0 Å². The van der Waals surface area contributed by atoms with E-state index in [1.807, 2.05) is 50.2 Å². The van der Waals surface area contributed by atoms with Crippen molar-refractivity contribution in [1.29, 1.82) is 0 Å². The summed E-state index contributed by atoms with van der Waals surface area (Å²) in [6, 6.07) is 15.0. The number of nitrogens with one attached hydrogen (secondary N) is 1. The zero-order valence-electron chi connectivity index (χ0n) is 17.9. The molecule has 3 aromatic rings. The summed E-state index contributed by atoms with van der Waals surface area (Å²) in [5.74, 6) is -1.09. The van der Waals surface area contributed by atoms with Crippen LogP contribution in [0.15, 0.2) is 60.2 Å². The Kier molecular flexibility index (Phi) is 6.40. The van der Waals surface area contributed by atoms with E-state index in [0.717, 1.165) is 22.1 Å². The number of benzene rings is 3. The Morgan fingerprint density at radius 1 is 1.03 bits per heavy atom. The van der Waals surface area contributed by atoms with Crippen LogP contribution in [0, 0.1) is 0 Å². The molecular weight excluding hydrogens is 463 g/mol. The Hall–Kier alpha value is -3.35. The second-order valence-corrected chi connectivity index (χ2v) is 8.35. The topological polar surface area (TPSA) is 75.7 Å². The van der Waals surface area contributed by atoms with Gasteiger partial charge in [-0.2, -0.15) is 0 Å². The molecule has 168 valence electrons. The van der Waals surface area contributed by atoms with Gasteiger partial charge in [0.1, 0.15) is 11.3 Å². The highest BCUT2D eigenvalue weighted by molar-refractivity contribution is 6.46. The molecule has 0 aliphatic carbocycles. The van der Waals surface area contributed by atoms with E-state index in [-0.39, 0.29) is 27.4 Å². The van der Waals surface area contributed by atoms with Crippen molar-refractivity contribution in [3.8, 4) is 5.75 Å². The van der Waals surface area contributed by atoms with Crippen molar-refractivity contribution in [2.24, 2.45) is 0 Å². The lowest BCUT2D eigenvalue weighted by atomic mass is 9.99. The number of amides is 4. The van der Waals surface area contributed by atoms with E-state index in [0.29, 0.717) is 11.3 Å².